The highest BCUT2D eigenvalue weighted by Crippen LogP contribution is 2.37. The lowest BCUT2D eigenvalue weighted by molar-refractivity contribution is 0.358. The zero-order valence-corrected chi connectivity index (χ0v) is 11.7. The number of benzene rings is 1. The SMILES string of the molecule is CCCc1c(-c2cccc3c2OCC3)[nH]cnc1=S. The summed E-state index contributed by atoms with van der Waals surface area (Å²) in [5, 5.41) is 0. The van der Waals surface area contributed by atoms with Crippen molar-refractivity contribution in [2.75, 3.05) is 6.61 Å². The minimum absolute atomic E-state index is 0.686. The van der Waals surface area contributed by atoms with Crippen LogP contribution in [0.5, 0.6) is 5.75 Å². The summed E-state index contributed by atoms with van der Waals surface area (Å²) in [6.45, 7) is 2.92. The summed E-state index contributed by atoms with van der Waals surface area (Å²) in [5.74, 6) is 0.997. The highest BCUT2D eigenvalue weighted by atomic mass is 32.1. The Labute approximate surface area is 117 Å². The molecule has 0 fully saturated rings. The second-order valence-electron chi connectivity index (χ2n) is 4.70. The first-order chi connectivity index (χ1) is 9.31. The number of para-hydroxylation sites is 1. The zero-order valence-electron chi connectivity index (χ0n) is 10.9. The van der Waals surface area contributed by atoms with Crippen molar-refractivity contribution in [1.82, 2.24) is 9.97 Å². The molecule has 1 aliphatic heterocycles. The third-order valence-electron chi connectivity index (χ3n) is 3.43. The van der Waals surface area contributed by atoms with Crippen molar-refractivity contribution in [3.05, 3.63) is 40.3 Å². The second kappa shape index (κ2) is 5.13. The number of rotatable bonds is 3. The largest absolute Gasteiger partial charge is 0.492 e. The van der Waals surface area contributed by atoms with Crippen LogP contribution in [0.1, 0.15) is 24.5 Å². The van der Waals surface area contributed by atoms with E-state index in [0.717, 1.165) is 48.4 Å². The van der Waals surface area contributed by atoms with Crippen LogP contribution >= 0.6 is 12.2 Å². The average molecular weight is 272 g/mol. The summed E-state index contributed by atoms with van der Waals surface area (Å²) in [7, 11) is 0. The lowest BCUT2D eigenvalue weighted by atomic mass is 10.0. The van der Waals surface area contributed by atoms with Crippen LogP contribution in [0, 0.1) is 4.64 Å². The molecule has 1 N–H and O–H groups in total. The molecule has 0 unspecified atom stereocenters. The van der Waals surface area contributed by atoms with Gasteiger partial charge in [0.05, 0.1) is 18.6 Å². The molecule has 1 aromatic carbocycles. The first-order valence-corrected chi connectivity index (χ1v) is 7.03. The molecule has 98 valence electrons. The second-order valence-corrected chi connectivity index (χ2v) is 5.09. The van der Waals surface area contributed by atoms with E-state index in [-0.39, 0.29) is 0 Å². The fourth-order valence-corrected chi connectivity index (χ4v) is 2.82. The van der Waals surface area contributed by atoms with Gasteiger partial charge in [-0.2, -0.15) is 0 Å². The van der Waals surface area contributed by atoms with Crippen molar-refractivity contribution >= 4 is 12.2 Å². The maximum absolute atomic E-state index is 5.78. The molecule has 0 amide bonds. The monoisotopic (exact) mass is 272 g/mol. The molecular formula is C15H16N2OS. The van der Waals surface area contributed by atoms with Crippen molar-refractivity contribution in [1.29, 1.82) is 0 Å². The Bertz CT molecular complexity index is 663. The van der Waals surface area contributed by atoms with Gasteiger partial charge in [-0.05, 0) is 18.1 Å². The van der Waals surface area contributed by atoms with Crippen LogP contribution in [-0.4, -0.2) is 16.6 Å². The van der Waals surface area contributed by atoms with Crippen molar-refractivity contribution in [2.24, 2.45) is 0 Å². The summed E-state index contributed by atoms with van der Waals surface area (Å²) < 4.78 is 6.47. The number of H-pyrrole nitrogens is 1. The van der Waals surface area contributed by atoms with Gasteiger partial charge in [0.1, 0.15) is 10.4 Å². The maximum atomic E-state index is 5.78. The summed E-state index contributed by atoms with van der Waals surface area (Å²) in [4.78, 5) is 7.45. The normalized spacial score (nSPS) is 13.1. The molecule has 0 saturated carbocycles. The molecular weight excluding hydrogens is 256 g/mol. The van der Waals surface area contributed by atoms with Crippen LogP contribution < -0.4 is 4.74 Å². The molecule has 3 rings (SSSR count). The molecule has 2 aromatic rings. The minimum atomic E-state index is 0.686. The van der Waals surface area contributed by atoms with Gasteiger partial charge in [0.25, 0.3) is 0 Å². The Morgan fingerprint density at radius 2 is 2.32 bits per heavy atom. The molecule has 0 saturated heterocycles. The van der Waals surface area contributed by atoms with E-state index < -0.39 is 0 Å². The van der Waals surface area contributed by atoms with E-state index in [0.29, 0.717) is 4.64 Å². The number of aromatic amines is 1. The van der Waals surface area contributed by atoms with Gasteiger partial charge < -0.3 is 9.72 Å². The Hall–Kier alpha value is -1.68. The van der Waals surface area contributed by atoms with Gasteiger partial charge in [-0.25, -0.2) is 4.98 Å². The average Bonchev–Trinajstić information content (AvgIpc) is 2.89. The zero-order chi connectivity index (χ0) is 13.2. The third kappa shape index (κ3) is 2.16. The number of aromatic nitrogens is 2. The number of nitrogens with zero attached hydrogens (tertiary/aromatic N) is 1. The van der Waals surface area contributed by atoms with Gasteiger partial charge in [-0.15, -0.1) is 0 Å². The predicted molar refractivity (Wildman–Crippen MR) is 78.1 cm³/mol. The fraction of sp³-hybridized carbons (Fsp3) is 0.333. The number of hydrogen-bond donors (Lipinski definition) is 1. The summed E-state index contributed by atoms with van der Waals surface area (Å²) in [5.41, 5.74) is 4.55. The molecule has 1 aromatic heterocycles. The highest BCUT2D eigenvalue weighted by molar-refractivity contribution is 7.71. The van der Waals surface area contributed by atoms with Crippen LogP contribution in [0.15, 0.2) is 24.5 Å². The lowest BCUT2D eigenvalue weighted by Gasteiger charge is -2.12. The smallest absolute Gasteiger partial charge is 0.133 e. The standard InChI is InChI=1S/C15H16N2OS/c1-2-4-12-13(16-9-17-15(12)19)11-6-3-5-10-7-8-18-14(10)11/h3,5-6,9H,2,4,7-8H2,1H3,(H,16,17,19). The molecule has 0 radical (unpaired) electrons. The van der Waals surface area contributed by atoms with Gasteiger partial charge in [0.15, 0.2) is 0 Å². The van der Waals surface area contributed by atoms with Crippen LogP contribution in [0.2, 0.25) is 0 Å². The Kier molecular flexibility index (Phi) is 3.34. The first kappa shape index (κ1) is 12.4. The van der Waals surface area contributed by atoms with Crippen LogP contribution in [0.3, 0.4) is 0 Å². The maximum Gasteiger partial charge on any atom is 0.133 e. The molecule has 19 heavy (non-hydrogen) atoms. The van der Waals surface area contributed by atoms with E-state index in [4.69, 9.17) is 17.0 Å². The Morgan fingerprint density at radius 1 is 1.42 bits per heavy atom. The van der Waals surface area contributed by atoms with Crippen LogP contribution in [0.25, 0.3) is 11.3 Å². The molecule has 0 aliphatic carbocycles. The van der Waals surface area contributed by atoms with Crippen molar-refractivity contribution < 1.29 is 4.74 Å². The molecule has 0 atom stereocenters. The van der Waals surface area contributed by atoms with Crippen LogP contribution in [-0.2, 0) is 12.8 Å². The number of fused-ring (bicyclic) bond motifs is 1. The Balaban J connectivity index is 2.20. The van der Waals surface area contributed by atoms with E-state index in [1.807, 2.05) is 0 Å². The molecule has 4 heteroatoms. The highest BCUT2D eigenvalue weighted by Gasteiger charge is 2.19. The lowest BCUT2D eigenvalue weighted by Crippen LogP contribution is -1.98. The van der Waals surface area contributed by atoms with E-state index >= 15 is 0 Å². The van der Waals surface area contributed by atoms with Crippen molar-refractivity contribution in [3.63, 3.8) is 0 Å². The Morgan fingerprint density at radius 3 is 3.16 bits per heavy atom. The molecule has 1 aliphatic rings. The van der Waals surface area contributed by atoms with E-state index in [2.05, 4.69) is 35.1 Å². The van der Waals surface area contributed by atoms with Crippen LogP contribution in [0.4, 0.5) is 0 Å². The van der Waals surface area contributed by atoms with E-state index in [1.54, 1.807) is 6.33 Å². The predicted octanol–water partition coefficient (Wildman–Crippen LogP) is 3.69. The third-order valence-corrected chi connectivity index (χ3v) is 3.79. The molecule has 2 heterocycles. The van der Waals surface area contributed by atoms with Gasteiger partial charge in [0.2, 0.25) is 0 Å². The van der Waals surface area contributed by atoms with Crippen molar-refractivity contribution in [2.45, 2.75) is 26.2 Å². The summed E-state index contributed by atoms with van der Waals surface area (Å²) in [6, 6.07) is 6.29. The van der Waals surface area contributed by atoms with E-state index in [1.165, 1.54) is 5.56 Å². The fourth-order valence-electron chi connectivity index (χ4n) is 2.56. The van der Waals surface area contributed by atoms with Gasteiger partial charge >= 0.3 is 0 Å². The summed E-state index contributed by atoms with van der Waals surface area (Å²) >= 11 is 5.36. The molecule has 3 nitrogen and oxygen atoms in total. The summed E-state index contributed by atoms with van der Waals surface area (Å²) in [6.07, 6.45) is 4.64. The number of ether oxygens (including phenoxy) is 1. The van der Waals surface area contributed by atoms with E-state index in [9.17, 15) is 0 Å². The minimum Gasteiger partial charge on any atom is -0.492 e. The first-order valence-electron chi connectivity index (χ1n) is 6.63. The van der Waals surface area contributed by atoms with Gasteiger partial charge in [-0.1, -0.05) is 37.7 Å². The molecule has 0 bridgehead atoms. The quantitative estimate of drug-likeness (QED) is 0.866. The van der Waals surface area contributed by atoms with Gasteiger partial charge in [0, 0.05) is 17.5 Å². The van der Waals surface area contributed by atoms with Gasteiger partial charge in [-0.3, -0.25) is 0 Å². The molecule has 0 spiro atoms. The number of nitrogens with one attached hydrogen (secondary N) is 1. The number of hydrogen-bond acceptors (Lipinski definition) is 3. The van der Waals surface area contributed by atoms with Crippen molar-refractivity contribution in [3.8, 4) is 17.0 Å². The topological polar surface area (TPSA) is 37.9 Å².